The molecule has 0 bridgehead atoms. The highest BCUT2D eigenvalue weighted by atomic mass is 32.2. The lowest BCUT2D eigenvalue weighted by molar-refractivity contribution is 0.0315. The Morgan fingerprint density at radius 1 is 1.64 bits per heavy atom. The molecule has 1 unspecified atom stereocenters. The van der Waals surface area contributed by atoms with E-state index in [4.69, 9.17) is 4.74 Å². The molecule has 1 saturated heterocycles. The van der Waals surface area contributed by atoms with Gasteiger partial charge in [0, 0.05) is 19.4 Å². The van der Waals surface area contributed by atoms with Crippen molar-refractivity contribution in [2.75, 3.05) is 12.4 Å². The van der Waals surface area contributed by atoms with Crippen LogP contribution in [0.15, 0.2) is 11.5 Å². The van der Waals surface area contributed by atoms with Gasteiger partial charge in [-0.3, -0.25) is 0 Å². The summed E-state index contributed by atoms with van der Waals surface area (Å²) in [4.78, 5) is 0. The molecule has 14 heavy (non-hydrogen) atoms. The summed E-state index contributed by atoms with van der Waals surface area (Å²) >= 11 is 1.72. The van der Waals surface area contributed by atoms with Crippen molar-refractivity contribution in [3.8, 4) is 0 Å². The fourth-order valence-electron chi connectivity index (χ4n) is 1.51. The third kappa shape index (κ3) is 2.48. The van der Waals surface area contributed by atoms with E-state index in [-0.39, 0.29) is 0 Å². The number of hydrogen-bond donors (Lipinski definition) is 0. The third-order valence-electron chi connectivity index (χ3n) is 2.34. The molecule has 1 aromatic heterocycles. The Hall–Kier alpha value is -0.550. The van der Waals surface area contributed by atoms with Crippen LogP contribution in [0.2, 0.25) is 0 Å². The fourth-order valence-corrected chi connectivity index (χ4v) is 2.46. The van der Waals surface area contributed by atoms with Gasteiger partial charge >= 0.3 is 0 Å². The smallest absolute Gasteiger partial charge is 0.190 e. The van der Waals surface area contributed by atoms with Gasteiger partial charge in [-0.15, -0.1) is 10.2 Å². The summed E-state index contributed by atoms with van der Waals surface area (Å²) in [6, 6.07) is 0. The molecular formula is C9H15N3OS. The number of ether oxygens (including phenoxy) is 1. The molecule has 2 rings (SSSR count). The highest BCUT2D eigenvalue weighted by molar-refractivity contribution is 7.99. The number of hydrogen-bond acceptors (Lipinski definition) is 4. The molecule has 0 aliphatic carbocycles. The maximum absolute atomic E-state index is 5.64. The Balaban J connectivity index is 1.79. The van der Waals surface area contributed by atoms with Gasteiger partial charge in [0.2, 0.25) is 0 Å². The van der Waals surface area contributed by atoms with Crippen molar-refractivity contribution < 1.29 is 4.74 Å². The van der Waals surface area contributed by atoms with Crippen LogP contribution in [-0.2, 0) is 11.8 Å². The van der Waals surface area contributed by atoms with E-state index in [0.29, 0.717) is 6.10 Å². The van der Waals surface area contributed by atoms with E-state index in [9.17, 15) is 0 Å². The SMILES string of the molecule is Cn1cnnc1SCC1CCCCO1. The summed E-state index contributed by atoms with van der Waals surface area (Å²) in [5, 5.41) is 8.83. The lowest BCUT2D eigenvalue weighted by Gasteiger charge is -2.21. The molecular weight excluding hydrogens is 198 g/mol. The van der Waals surface area contributed by atoms with Gasteiger partial charge in [0.05, 0.1) is 6.10 Å². The average molecular weight is 213 g/mol. The van der Waals surface area contributed by atoms with Gasteiger partial charge in [0.15, 0.2) is 5.16 Å². The number of rotatable bonds is 3. The van der Waals surface area contributed by atoms with Gasteiger partial charge < -0.3 is 9.30 Å². The second kappa shape index (κ2) is 4.79. The molecule has 0 saturated carbocycles. The zero-order chi connectivity index (χ0) is 9.80. The van der Waals surface area contributed by atoms with Crippen LogP contribution < -0.4 is 0 Å². The first-order valence-electron chi connectivity index (χ1n) is 4.94. The highest BCUT2D eigenvalue weighted by Crippen LogP contribution is 2.21. The van der Waals surface area contributed by atoms with E-state index in [1.54, 1.807) is 18.1 Å². The lowest BCUT2D eigenvalue weighted by atomic mass is 10.1. The van der Waals surface area contributed by atoms with Crippen LogP contribution in [0.1, 0.15) is 19.3 Å². The molecule has 1 aliphatic heterocycles. The summed E-state index contributed by atoms with van der Waals surface area (Å²) in [7, 11) is 1.96. The molecule has 5 heteroatoms. The van der Waals surface area contributed by atoms with Crippen LogP contribution in [0.5, 0.6) is 0 Å². The van der Waals surface area contributed by atoms with Gasteiger partial charge in [0.1, 0.15) is 6.33 Å². The molecule has 1 aliphatic rings. The first-order valence-corrected chi connectivity index (χ1v) is 5.93. The van der Waals surface area contributed by atoms with Gasteiger partial charge in [-0.05, 0) is 19.3 Å². The molecule has 2 heterocycles. The van der Waals surface area contributed by atoms with Crippen molar-refractivity contribution in [1.82, 2.24) is 14.8 Å². The van der Waals surface area contributed by atoms with Crippen molar-refractivity contribution >= 4 is 11.8 Å². The largest absolute Gasteiger partial charge is 0.377 e. The molecule has 0 amide bonds. The second-order valence-corrected chi connectivity index (χ2v) is 4.51. The second-order valence-electron chi connectivity index (χ2n) is 3.52. The van der Waals surface area contributed by atoms with Crippen LogP contribution >= 0.6 is 11.8 Å². The summed E-state index contributed by atoms with van der Waals surface area (Å²) in [5.41, 5.74) is 0. The minimum absolute atomic E-state index is 0.408. The Bertz CT molecular complexity index is 283. The topological polar surface area (TPSA) is 39.9 Å². The van der Waals surface area contributed by atoms with Crippen LogP contribution in [0.3, 0.4) is 0 Å². The summed E-state index contributed by atoms with van der Waals surface area (Å²) in [5.74, 6) is 0.993. The number of nitrogens with zero attached hydrogens (tertiary/aromatic N) is 3. The zero-order valence-electron chi connectivity index (χ0n) is 8.35. The number of aromatic nitrogens is 3. The van der Waals surface area contributed by atoms with Gasteiger partial charge in [-0.2, -0.15) is 0 Å². The van der Waals surface area contributed by atoms with Gasteiger partial charge in [-0.25, -0.2) is 0 Å². The normalized spacial score (nSPS) is 22.5. The molecule has 1 fully saturated rings. The first kappa shape index (κ1) is 9.98. The highest BCUT2D eigenvalue weighted by Gasteiger charge is 2.15. The van der Waals surface area contributed by atoms with Crippen molar-refractivity contribution in [2.45, 2.75) is 30.5 Å². The van der Waals surface area contributed by atoms with E-state index in [0.717, 1.165) is 17.5 Å². The van der Waals surface area contributed by atoms with E-state index >= 15 is 0 Å². The summed E-state index contributed by atoms with van der Waals surface area (Å²) < 4.78 is 7.58. The Labute approximate surface area is 88.0 Å². The van der Waals surface area contributed by atoms with Gasteiger partial charge in [0.25, 0.3) is 0 Å². The van der Waals surface area contributed by atoms with E-state index in [2.05, 4.69) is 10.2 Å². The monoisotopic (exact) mass is 213 g/mol. The number of thioether (sulfide) groups is 1. The Morgan fingerprint density at radius 3 is 3.21 bits per heavy atom. The molecule has 0 N–H and O–H groups in total. The van der Waals surface area contributed by atoms with Crippen molar-refractivity contribution in [3.05, 3.63) is 6.33 Å². The molecule has 4 nitrogen and oxygen atoms in total. The van der Waals surface area contributed by atoms with Crippen LogP contribution in [0.25, 0.3) is 0 Å². The van der Waals surface area contributed by atoms with E-state index in [1.165, 1.54) is 19.3 Å². The molecule has 0 aromatic carbocycles. The maximum atomic E-state index is 5.64. The van der Waals surface area contributed by atoms with E-state index < -0.39 is 0 Å². The summed E-state index contributed by atoms with van der Waals surface area (Å²) in [6.45, 7) is 0.921. The van der Waals surface area contributed by atoms with Crippen molar-refractivity contribution in [2.24, 2.45) is 7.05 Å². The maximum Gasteiger partial charge on any atom is 0.190 e. The molecule has 78 valence electrons. The van der Waals surface area contributed by atoms with Crippen molar-refractivity contribution in [3.63, 3.8) is 0 Å². The standard InChI is InChI=1S/C9H15N3OS/c1-12-7-10-11-9(12)14-6-8-4-2-3-5-13-8/h7-8H,2-6H2,1H3. The quantitative estimate of drug-likeness (QED) is 0.713. The Morgan fingerprint density at radius 2 is 2.57 bits per heavy atom. The molecule has 0 spiro atoms. The minimum atomic E-state index is 0.408. The first-order chi connectivity index (χ1) is 6.86. The minimum Gasteiger partial charge on any atom is -0.377 e. The van der Waals surface area contributed by atoms with Crippen LogP contribution in [-0.4, -0.2) is 33.2 Å². The third-order valence-corrected chi connectivity index (χ3v) is 3.51. The van der Waals surface area contributed by atoms with E-state index in [1.807, 2.05) is 11.6 Å². The van der Waals surface area contributed by atoms with Crippen molar-refractivity contribution in [1.29, 1.82) is 0 Å². The molecule has 1 atom stereocenters. The lowest BCUT2D eigenvalue weighted by Crippen LogP contribution is -2.21. The van der Waals surface area contributed by atoms with Crippen LogP contribution in [0.4, 0.5) is 0 Å². The summed E-state index contributed by atoms with van der Waals surface area (Å²) in [6.07, 6.45) is 5.83. The Kier molecular flexibility index (Phi) is 3.42. The predicted molar refractivity (Wildman–Crippen MR) is 55.3 cm³/mol. The van der Waals surface area contributed by atoms with Gasteiger partial charge in [-0.1, -0.05) is 11.8 Å². The molecule has 1 aromatic rings. The zero-order valence-corrected chi connectivity index (χ0v) is 9.16. The number of aryl methyl sites for hydroxylation is 1. The molecule has 0 radical (unpaired) electrons. The fraction of sp³-hybridized carbons (Fsp3) is 0.778. The average Bonchev–Trinajstić information content (AvgIpc) is 2.63. The predicted octanol–water partition coefficient (Wildman–Crippen LogP) is 1.48. The van der Waals surface area contributed by atoms with Crippen LogP contribution in [0, 0.1) is 0 Å².